The van der Waals surface area contributed by atoms with Crippen LogP contribution in [0.2, 0.25) is 0 Å². The van der Waals surface area contributed by atoms with E-state index in [4.69, 9.17) is 10.00 Å². The van der Waals surface area contributed by atoms with Gasteiger partial charge in [0.2, 0.25) is 10.0 Å². The van der Waals surface area contributed by atoms with Gasteiger partial charge in [-0.25, -0.2) is 13.4 Å². The molecule has 1 aromatic heterocycles. The molecule has 2 rings (SSSR count). The average Bonchev–Trinajstić information content (AvgIpc) is 2.91. The summed E-state index contributed by atoms with van der Waals surface area (Å²) in [6, 6.07) is 4.52. The summed E-state index contributed by atoms with van der Waals surface area (Å²) in [6.07, 6.45) is 2.06. The molecule has 0 N–H and O–H groups in total. The SMILES string of the molecule is CN(C1CCOC1)S(=O)(=O)c1cccnc1C#N. The molecular formula is C11H13N3O3S. The summed E-state index contributed by atoms with van der Waals surface area (Å²) in [5.74, 6) is 0. The number of sulfonamides is 1. The maximum Gasteiger partial charge on any atom is 0.246 e. The van der Waals surface area contributed by atoms with Gasteiger partial charge in [0, 0.05) is 19.9 Å². The Balaban J connectivity index is 2.39. The minimum atomic E-state index is -3.70. The maximum atomic E-state index is 12.4. The minimum Gasteiger partial charge on any atom is -0.380 e. The monoisotopic (exact) mass is 267 g/mol. The molecule has 0 aromatic carbocycles. The van der Waals surface area contributed by atoms with Crippen molar-refractivity contribution in [3.8, 4) is 6.07 Å². The van der Waals surface area contributed by atoms with E-state index in [1.807, 2.05) is 0 Å². The molecule has 0 amide bonds. The molecule has 1 fully saturated rings. The first-order valence-corrected chi connectivity index (χ1v) is 6.92. The van der Waals surface area contributed by atoms with Crippen LogP contribution in [0.4, 0.5) is 0 Å². The fourth-order valence-corrected chi connectivity index (χ4v) is 3.31. The zero-order chi connectivity index (χ0) is 13.2. The van der Waals surface area contributed by atoms with E-state index in [-0.39, 0.29) is 16.6 Å². The molecule has 1 aromatic rings. The molecule has 0 aliphatic carbocycles. The molecule has 0 saturated carbocycles. The Kier molecular flexibility index (Phi) is 3.61. The van der Waals surface area contributed by atoms with Crippen LogP contribution in [0.1, 0.15) is 12.1 Å². The molecule has 1 unspecified atom stereocenters. The number of pyridine rings is 1. The fraction of sp³-hybridized carbons (Fsp3) is 0.455. The molecule has 1 atom stereocenters. The fourth-order valence-electron chi connectivity index (χ4n) is 1.84. The van der Waals surface area contributed by atoms with Crippen molar-refractivity contribution in [2.75, 3.05) is 20.3 Å². The standard InChI is InChI=1S/C11H13N3O3S/c1-14(9-4-6-17-8-9)18(15,16)11-3-2-5-13-10(11)7-12/h2-3,5,9H,4,6,8H2,1H3. The predicted octanol–water partition coefficient (Wildman–Crippen LogP) is 0.363. The number of hydrogen-bond acceptors (Lipinski definition) is 5. The van der Waals surface area contributed by atoms with Crippen LogP contribution in [0.3, 0.4) is 0 Å². The summed E-state index contributed by atoms with van der Waals surface area (Å²) in [5.41, 5.74) is -0.0803. The van der Waals surface area contributed by atoms with E-state index in [0.717, 1.165) is 0 Å². The van der Waals surface area contributed by atoms with Gasteiger partial charge in [0.25, 0.3) is 0 Å². The van der Waals surface area contributed by atoms with E-state index in [1.54, 1.807) is 6.07 Å². The Bertz CT molecular complexity index is 573. The van der Waals surface area contributed by atoms with Crippen molar-refractivity contribution in [3.63, 3.8) is 0 Å². The molecule has 2 heterocycles. The van der Waals surface area contributed by atoms with Crippen molar-refractivity contribution in [2.45, 2.75) is 17.4 Å². The van der Waals surface area contributed by atoms with E-state index in [0.29, 0.717) is 19.6 Å². The van der Waals surface area contributed by atoms with Crippen LogP contribution >= 0.6 is 0 Å². The Labute approximate surface area is 106 Å². The van der Waals surface area contributed by atoms with Crippen LogP contribution in [0.25, 0.3) is 0 Å². The lowest BCUT2D eigenvalue weighted by atomic mass is 10.3. The highest BCUT2D eigenvalue weighted by atomic mass is 32.2. The second-order valence-corrected chi connectivity index (χ2v) is 5.97. The highest BCUT2D eigenvalue weighted by molar-refractivity contribution is 7.89. The third kappa shape index (κ3) is 2.22. The molecule has 7 heteroatoms. The number of nitrogens with zero attached hydrogens (tertiary/aromatic N) is 3. The minimum absolute atomic E-state index is 0.0538. The van der Waals surface area contributed by atoms with Gasteiger partial charge in [-0.1, -0.05) is 0 Å². The number of rotatable bonds is 3. The highest BCUT2D eigenvalue weighted by Gasteiger charge is 2.32. The summed E-state index contributed by atoms with van der Waals surface area (Å²) in [6.45, 7) is 0.945. The zero-order valence-corrected chi connectivity index (χ0v) is 10.7. The molecule has 0 bridgehead atoms. The number of ether oxygens (including phenoxy) is 1. The third-order valence-electron chi connectivity index (χ3n) is 2.95. The van der Waals surface area contributed by atoms with Crippen molar-refractivity contribution < 1.29 is 13.2 Å². The molecule has 1 aliphatic heterocycles. The van der Waals surface area contributed by atoms with Gasteiger partial charge in [0.05, 0.1) is 12.6 Å². The third-order valence-corrected chi connectivity index (χ3v) is 4.90. The summed E-state index contributed by atoms with van der Waals surface area (Å²) in [4.78, 5) is 3.72. The molecule has 0 radical (unpaired) electrons. The lowest BCUT2D eigenvalue weighted by Crippen LogP contribution is -2.37. The first kappa shape index (κ1) is 13.0. The van der Waals surface area contributed by atoms with E-state index in [2.05, 4.69) is 4.98 Å². The van der Waals surface area contributed by atoms with Gasteiger partial charge >= 0.3 is 0 Å². The topological polar surface area (TPSA) is 83.3 Å². The van der Waals surface area contributed by atoms with Gasteiger partial charge in [0.15, 0.2) is 5.69 Å². The molecular weight excluding hydrogens is 254 g/mol. The summed E-state index contributed by atoms with van der Waals surface area (Å²) in [5, 5.41) is 8.91. The Hall–Kier alpha value is -1.49. The molecule has 1 saturated heterocycles. The Morgan fingerprint density at radius 1 is 1.61 bits per heavy atom. The van der Waals surface area contributed by atoms with Crippen molar-refractivity contribution >= 4 is 10.0 Å². The first-order chi connectivity index (χ1) is 8.57. The van der Waals surface area contributed by atoms with E-state index < -0.39 is 10.0 Å². The molecule has 6 nitrogen and oxygen atoms in total. The molecule has 0 spiro atoms. The van der Waals surface area contributed by atoms with E-state index in [9.17, 15) is 8.42 Å². The van der Waals surface area contributed by atoms with Gasteiger partial charge < -0.3 is 4.74 Å². The van der Waals surface area contributed by atoms with Crippen molar-refractivity contribution in [2.24, 2.45) is 0 Å². The molecule has 1 aliphatic rings. The van der Waals surface area contributed by atoms with Crippen LogP contribution in [-0.2, 0) is 14.8 Å². The summed E-state index contributed by atoms with van der Waals surface area (Å²) >= 11 is 0. The van der Waals surface area contributed by atoms with Gasteiger partial charge in [-0.2, -0.15) is 9.57 Å². The van der Waals surface area contributed by atoms with Crippen LogP contribution in [0.5, 0.6) is 0 Å². The Morgan fingerprint density at radius 2 is 2.39 bits per heavy atom. The normalized spacial score (nSPS) is 19.9. The van der Waals surface area contributed by atoms with Gasteiger partial charge in [0.1, 0.15) is 11.0 Å². The van der Waals surface area contributed by atoms with Crippen LogP contribution in [0.15, 0.2) is 23.2 Å². The number of aromatic nitrogens is 1. The summed E-state index contributed by atoms with van der Waals surface area (Å²) in [7, 11) is -2.19. The lowest BCUT2D eigenvalue weighted by molar-refractivity contribution is 0.181. The predicted molar refractivity (Wildman–Crippen MR) is 63.1 cm³/mol. The maximum absolute atomic E-state index is 12.4. The van der Waals surface area contributed by atoms with Crippen LogP contribution < -0.4 is 0 Å². The second kappa shape index (κ2) is 5.02. The van der Waals surface area contributed by atoms with Crippen molar-refractivity contribution in [1.82, 2.24) is 9.29 Å². The quantitative estimate of drug-likeness (QED) is 0.789. The van der Waals surface area contributed by atoms with Gasteiger partial charge in [-0.3, -0.25) is 0 Å². The number of nitriles is 1. The zero-order valence-electron chi connectivity index (χ0n) is 9.91. The average molecular weight is 267 g/mol. The molecule has 18 heavy (non-hydrogen) atoms. The van der Waals surface area contributed by atoms with Crippen molar-refractivity contribution in [3.05, 3.63) is 24.0 Å². The lowest BCUT2D eigenvalue weighted by Gasteiger charge is -2.22. The van der Waals surface area contributed by atoms with Crippen molar-refractivity contribution in [1.29, 1.82) is 5.26 Å². The first-order valence-electron chi connectivity index (χ1n) is 5.48. The summed E-state index contributed by atoms with van der Waals surface area (Å²) < 4.78 is 31.2. The second-order valence-electron chi connectivity index (χ2n) is 4.00. The van der Waals surface area contributed by atoms with Crippen LogP contribution in [-0.4, -0.2) is 44.0 Å². The molecule has 96 valence electrons. The Morgan fingerprint density at radius 3 is 3.00 bits per heavy atom. The van der Waals surface area contributed by atoms with E-state index >= 15 is 0 Å². The van der Waals surface area contributed by atoms with Gasteiger partial charge in [-0.05, 0) is 18.6 Å². The van der Waals surface area contributed by atoms with Crippen LogP contribution in [0, 0.1) is 11.3 Å². The smallest absolute Gasteiger partial charge is 0.246 e. The number of likely N-dealkylation sites (N-methyl/N-ethyl adjacent to an activating group) is 1. The largest absolute Gasteiger partial charge is 0.380 e. The highest BCUT2D eigenvalue weighted by Crippen LogP contribution is 2.22. The van der Waals surface area contributed by atoms with Gasteiger partial charge in [-0.15, -0.1) is 0 Å². The van der Waals surface area contributed by atoms with E-state index in [1.165, 1.54) is 29.7 Å². The number of hydrogen-bond donors (Lipinski definition) is 0.